The molecule has 1 amide bonds. The molecular formula is C22H32BNO6. The van der Waals surface area contributed by atoms with Crippen LogP contribution >= 0.6 is 0 Å². The summed E-state index contributed by atoms with van der Waals surface area (Å²) in [6, 6.07) is 4.78. The number of aromatic hydroxyl groups is 1. The molecule has 2 rings (SSSR count). The van der Waals surface area contributed by atoms with E-state index in [1.54, 1.807) is 39.0 Å². The van der Waals surface area contributed by atoms with Crippen molar-refractivity contribution in [3.63, 3.8) is 0 Å². The molecule has 1 saturated heterocycles. The maximum atomic E-state index is 12.1. The van der Waals surface area contributed by atoms with Gasteiger partial charge < -0.3 is 24.5 Å². The number of Topliss-reactive ketones (excluding diaryl/α,β-unsaturated/α-hetero) is 1. The van der Waals surface area contributed by atoms with Gasteiger partial charge in [-0.2, -0.15) is 0 Å². The molecule has 0 aromatic heterocycles. The van der Waals surface area contributed by atoms with Gasteiger partial charge in [-0.15, -0.1) is 0 Å². The van der Waals surface area contributed by atoms with Gasteiger partial charge in [0, 0.05) is 6.54 Å². The number of phenolic OH excluding ortho intramolecular Hbond substituents is 1. The van der Waals surface area contributed by atoms with Crippen molar-refractivity contribution in [3.05, 3.63) is 34.8 Å². The molecular weight excluding hydrogens is 385 g/mol. The summed E-state index contributed by atoms with van der Waals surface area (Å²) in [7, 11) is -0.695. The predicted molar refractivity (Wildman–Crippen MR) is 116 cm³/mol. The summed E-state index contributed by atoms with van der Waals surface area (Å²) in [4.78, 5) is 23.7. The van der Waals surface area contributed by atoms with Gasteiger partial charge in [-0.25, -0.2) is 4.79 Å². The van der Waals surface area contributed by atoms with Crippen molar-refractivity contribution < 1.29 is 28.7 Å². The van der Waals surface area contributed by atoms with E-state index in [2.05, 4.69) is 5.32 Å². The summed E-state index contributed by atoms with van der Waals surface area (Å²) in [6.45, 7) is 14.7. The Balaban J connectivity index is 2.32. The quantitative estimate of drug-likeness (QED) is 0.553. The third kappa shape index (κ3) is 5.86. The van der Waals surface area contributed by atoms with E-state index in [4.69, 9.17) is 14.0 Å². The Bertz CT molecular complexity index is 838. The van der Waals surface area contributed by atoms with Crippen LogP contribution in [-0.2, 0) is 14.0 Å². The fourth-order valence-electron chi connectivity index (χ4n) is 2.84. The first-order chi connectivity index (χ1) is 13.6. The molecule has 8 heteroatoms. The standard InChI is InChI=1S/C22H32BNO6/c1-14(25)17-10-9-15(12-18(17)26)11-16(13-24-19(27)28-20(2,3)4)23-29-21(5,6)22(7,8)30-23/h9-12,26H,13H2,1-8H3,(H,24,27). The minimum absolute atomic E-state index is 0.107. The van der Waals surface area contributed by atoms with Crippen molar-refractivity contribution in [2.45, 2.75) is 72.2 Å². The van der Waals surface area contributed by atoms with Gasteiger partial charge >= 0.3 is 13.2 Å². The number of carbonyl (C=O) groups excluding carboxylic acids is 2. The number of alkyl carbamates (subject to hydrolysis) is 1. The van der Waals surface area contributed by atoms with Crippen molar-refractivity contribution in [2.24, 2.45) is 0 Å². The molecule has 1 fully saturated rings. The first-order valence-corrected chi connectivity index (χ1v) is 9.98. The number of hydrogen-bond donors (Lipinski definition) is 2. The zero-order valence-electron chi connectivity index (χ0n) is 19.1. The second-order valence-corrected chi connectivity index (χ2v) is 9.50. The SMILES string of the molecule is CC(=O)c1ccc(C=C(CNC(=O)OC(C)(C)C)B2OC(C)(C)C(C)(C)O2)cc1O. The Morgan fingerprint density at radius 2 is 1.73 bits per heavy atom. The summed E-state index contributed by atoms with van der Waals surface area (Å²) < 4.78 is 17.6. The zero-order valence-corrected chi connectivity index (χ0v) is 19.1. The lowest BCUT2D eigenvalue weighted by atomic mass is 9.77. The predicted octanol–water partition coefficient (Wildman–Crippen LogP) is 4.13. The van der Waals surface area contributed by atoms with Crippen LogP contribution in [0.4, 0.5) is 4.79 Å². The highest BCUT2D eigenvalue weighted by Crippen LogP contribution is 2.39. The molecule has 1 aliphatic rings. The lowest BCUT2D eigenvalue weighted by molar-refractivity contribution is 0.00578. The fraction of sp³-hybridized carbons (Fsp3) is 0.545. The third-order valence-corrected chi connectivity index (χ3v) is 5.14. The van der Waals surface area contributed by atoms with Gasteiger partial charge in [0.05, 0.1) is 16.8 Å². The Labute approximate surface area is 178 Å². The largest absolute Gasteiger partial charge is 0.507 e. The van der Waals surface area contributed by atoms with Crippen LogP contribution in [0.1, 0.15) is 71.3 Å². The summed E-state index contributed by atoms with van der Waals surface area (Å²) in [6.07, 6.45) is 1.21. The normalized spacial score (nSPS) is 18.3. The number of amides is 1. The molecule has 1 heterocycles. The molecule has 0 bridgehead atoms. The highest BCUT2D eigenvalue weighted by atomic mass is 16.7. The smallest absolute Gasteiger partial charge is 0.492 e. The highest BCUT2D eigenvalue weighted by molar-refractivity contribution is 6.56. The van der Waals surface area contributed by atoms with E-state index in [-0.39, 0.29) is 23.6 Å². The van der Waals surface area contributed by atoms with Crippen molar-refractivity contribution in [3.8, 4) is 5.75 Å². The Hall–Kier alpha value is -2.32. The Morgan fingerprint density at radius 1 is 1.17 bits per heavy atom. The van der Waals surface area contributed by atoms with Crippen LogP contribution in [0, 0.1) is 0 Å². The first-order valence-electron chi connectivity index (χ1n) is 9.98. The second-order valence-electron chi connectivity index (χ2n) is 9.50. The fourth-order valence-corrected chi connectivity index (χ4v) is 2.84. The minimum Gasteiger partial charge on any atom is -0.507 e. The van der Waals surface area contributed by atoms with E-state index in [0.717, 1.165) is 0 Å². The average Bonchev–Trinajstić information content (AvgIpc) is 2.77. The van der Waals surface area contributed by atoms with Crippen molar-refractivity contribution >= 4 is 25.1 Å². The number of benzene rings is 1. The number of ether oxygens (including phenoxy) is 1. The average molecular weight is 417 g/mol. The van der Waals surface area contributed by atoms with Crippen LogP contribution in [0.15, 0.2) is 23.7 Å². The van der Waals surface area contributed by atoms with Crippen LogP contribution in [-0.4, -0.2) is 47.4 Å². The number of rotatable bonds is 5. The molecule has 30 heavy (non-hydrogen) atoms. The van der Waals surface area contributed by atoms with E-state index in [9.17, 15) is 14.7 Å². The van der Waals surface area contributed by atoms with E-state index >= 15 is 0 Å². The molecule has 1 aliphatic heterocycles. The number of ketones is 1. The second kappa shape index (κ2) is 8.43. The lowest BCUT2D eigenvalue weighted by Crippen LogP contribution is -2.41. The van der Waals surface area contributed by atoms with Crippen molar-refractivity contribution in [1.82, 2.24) is 5.32 Å². The molecule has 2 N–H and O–H groups in total. The third-order valence-electron chi connectivity index (χ3n) is 5.14. The summed E-state index contributed by atoms with van der Waals surface area (Å²) >= 11 is 0. The first kappa shape index (κ1) is 24.0. The van der Waals surface area contributed by atoms with Crippen LogP contribution in [0.25, 0.3) is 6.08 Å². The molecule has 0 unspecified atom stereocenters. The van der Waals surface area contributed by atoms with Crippen LogP contribution in [0.2, 0.25) is 0 Å². The van der Waals surface area contributed by atoms with E-state index in [1.807, 2.05) is 27.7 Å². The maximum absolute atomic E-state index is 12.1. The summed E-state index contributed by atoms with van der Waals surface area (Å²) in [5.74, 6) is -0.328. The van der Waals surface area contributed by atoms with E-state index in [0.29, 0.717) is 11.0 Å². The molecule has 0 saturated carbocycles. The van der Waals surface area contributed by atoms with Gasteiger partial charge in [-0.1, -0.05) is 12.1 Å². The lowest BCUT2D eigenvalue weighted by Gasteiger charge is -2.32. The van der Waals surface area contributed by atoms with Crippen molar-refractivity contribution in [1.29, 1.82) is 0 Å². The number of carbonyl (C=O) groups is 2. The molecule has 7 nitrogen and oxygen atoms in total. The molecule has 1 aromatic carbocycles. The Morgan fingerprint density at radius 3 is 2.20 bits per heavy atom. The molecule has 0 spiro atoms. The maximum Gasteiger partial charge on any atom is 0.492 e. The summed E-state index contributed by atoms with van der Waals surface area (Å²) in [5.41, 5.74) is -0.182. The van der Waals surface area contributed by atoms with Gasteiger partial charge in [0.15, 0.2) is 5.78 Å². The van der Waals surface area contributed by atoms with Gasteiger partial charge in [0.25, 0.3) is 0 Å². The van der Waals surface area contributed by atoms with E-state index < -0.39 is 30.0 Å². The number of nitrogens with one attached hydrogen (secondary N) is 1. The molecule has 0 radical (unpaired) electrons. The molecule has 0 aliphatic carbocycles. The highest BCUT2D eigenvalue weighted by Gasteiger charge is 2.52. The number of phenols is 1. The van der Waals surface area contributed by atoms with Gasteiger partial charge in [-0.3, -0.25) is 4.79 Å². The topological polar surface area (TPSA) is 94.1 Å². The van der Waals surface area contributed by atoms with Gasteiger partial charge in [0.1, 0.15) is 11.4 Å². The summed E-state index contributed by atoms with van der Waals surface area (Å²) in [5, 5.41) is 12.9. The number of hydrogen-bond acceptors (Lipinski definition) is 6. The monoisotopic (exact) mass is 417 g/mol. The van der Waals surface area contributed by atoms with Crippen LogP contribution < -0.4 is 5.32 Å². The zero-order chi connectivity index (χ0) is 22.9. The van der Waals surface area contributed by atoms with E-state index in [1.165, 1.54) is 13.0 Å². The Kier molecular flexibility index (Phi) is 6.74. The van der Waals surface area contributed by atoms with Crippen LogP contribution in [0.5, 0.6) is 5.75 Å². The molecule has 1 aromatic rings. The molecule has 0 atom stereocenters. The van der Waals surface area contributed by atoms with Crippen LogP contribution in [0.3, 0.4) is 0 Å². The minimum atomic E-state index is -0.695. The van der Waals surface area contributed by atoms with Gasteiger partial charge in [-0.05, 0) is 78.6 Å². The van der Waals surface area contributed by atoms with Gasteiger partial charge in [0.2, 0.25) is 0 Å². The van der Waals surface area contributed by atoms with Crippen molar-refractivity contribution in [2.75, 3.05) is 6.54 Å². The molecule has 164 valence electrons.